The molecule has 1 aromatic carbocycles. The summed E-state index contributed by atoms with van der Waals surface area (Å²) in [5.74, 6) is 1.02. The summed E-state index contributed by atoms with van der Waals surface area (Å²) in [6, 6.07) is 11.2. The fraction of sp³-hybridized carbons (Fsp3) is 0.364. The average Bonchev–Trinajstić information content (AvgIpc) is 3.48. The molecule has 1 fully saturated rings. The highest BCUT2D eigenvalue weighted by Crippen LogP contribution is 2.23. The minimum atomic E-state index is -0.425. The predicted octanol–water partition coefficient (Wildman–Crippen LogP) is 2.69. The third kappa shape index (κ3) is 4.27. The smallest absolute Gasteiger partial charge is 0.273 e. The monoisotopic (exact) mass is 407 g/mol. The van der Waals surface area contributed by atoms with Crippen molar-refractivity contribution in [2.45, 2.75) is 32.2 Å². The van der Waals surface area contributed by atoms with Crippen LogP contribution in [-0.2, 0) is 11.2 Å². The fourth-order valence-electron chi connectivity index (χ4n) is 3.84. The third-order valence-electron chi connectivity index (χ3n) is 5.41. The molecule has 0 saturated carbocycles. The van der Waals surface area contributed by atoms with Gasteiger partial charge in [-0.2, -0.15) is 0 Å². The Labute approximate surface area is 174 Å². The number of benzene rings is 1. The molecule has 156 valence electrons. The summed E-state index contributed by atoms with van der Waals surface area (Å²) >= 11 is 0. The van der Waals surface area contributed by atoms with Crippen LogP contribution in [0.25, 0.3) is 11.3 Å². The maximum atomic E-state index is 12.7. The van der Waals surface area contributed by atoms with Gasteiger partial charge in [0.2, 0.25) is 5.91 Å². The molecular weight excluding hydrogens is 382 g/mol. The number of aromatic nitrogens is 3. The van der Waals surface area contributed by atoms with E-state index in [4.69, 9.17) is 4.52 Å². The van der Waals surface area contributed by atoms with E-state index in [1.165, 1.54) is 0 Å². The van der Waals surface area contributed by atoms with Crippen molar-refractivity contribution in [2.75, 3.05) is 19.6 Å². The fourth-order valence-corrected chi connectivity index (χ4v) is 3.84. The maximum Gasteiger partial charge on any atom is 0.273 e. The van der Waals surface area contributed by atoms with Gasteiger partial charge in [0.25, 0.3) is 5.91 Å². The number of nitrogens with zero attached hydrogens (tertiary/aromatic N) is 4. The summed E-state index contributed by atoms with van der Waals surface area (Å²) in [4.78, 5) is 31.3. The van der Waals surface area contributed by atoms with Crippen molar-refractivity contribution in [1.29, 1.82) is 0 Å². The van der Waals surface area contributed by atoms with Crippen molar-refractivity contribution in [1.82, 2.24) is 24.9 Å². The van der Waals surface area contributed by atoms with E-state index in [2.05, 4.69) is 26.9 Å². The Hall–Kier alpha value is -3.42. The van der Waals surface area contributed by atoms with Crippen LogP contribution in [0.2, 0.25) is 0 Å². The van der Waals surface area contributed by atoms with Crippen LogP contribution in [0.4, 0.5) is 0 Å². The second-order valence-corrected chi connectivity index (χ2v) is 7.37. The summed E-state index contributed by atoms with van der Waals surface area (Å²) < 4.78 is 7.42. The first-order valence-electron chi connectivity index (χ1n) is 10.3. The molecule has 1 unspecified atom stereocenters. The van der Waals surface area contributed by atoms with Gasteiger partial charge < -0.3 is 19.3 Å². The Bertz CT molecular complexity index is 1010. The molecule has 30 heavy (non-hydrogen) atoms. The molecule has 0 bridgehead atoms. The van der Waals surface area contributed by atoms with Crippen LogP contribution in [0.1, 0.15) is 42.1 Å². The van der Waals surface area contributed by atoms with Gasteiger partial charge in [0.15, 0.2) is 11.5 Å². The number of rotatable bonds is 6. The van der Waals surface area contributed by atoms with Crippen LogP contribution in [0.15, 0.2) is 53.3 Å². The van der Waals surface area contributed by atoms with Gasteiger partial charge >= 0.3 is 0 Å². The first kappa shape index (κ1) is 19.9. The SMILES string of the molecule is CCc1nccn1C1CCCN(C(=O)CNC(=O)c2cc(-c3ccccc3)on2)C1. The molecular formula is C22H25N5O3. The van der Waals surface area contributed by atoms with Crippen LogP contribution < -0.4 is 5.32 Å². The first-order chi connectivity index (χ1) is 14.7. The van der Waals surface area contributed by atoms with Crippen molar-refractivity contribution in [3.05, 3.63) is 60.3 Å². The quantitative estimate of drug-likeness (QED) is 0.678. The number of carbonyl (C=O) groups is 2. The van der Waals surface area contributed by atoms with E-state index >= 15 is 0 Å². The Balaban J connectivity index is 1.33. The van der Waals surface area contributed by atoms with Crippen LogP contribution >= 0.6 is 0 Å². The zero-order chi connectivity index (χ0) is 20.9. The number of carbonyl (C=O) groups excluding carboxylic acids is 2. The first-order valence-corrected chi connectivity index (χ1v) is 10.3. The number of likely N-dealkylation sites (tertiary alicyclic amines) is 1. The molecule has 2 aromatic heterocycles. The standard InChI is InChI=1S/C22H25N5O3/c1-2-20-23-10-12-27(20)17-9-6-11-26(15-17)21(28)14-24-22(29)18-13-19(30-25-18)16-7-4-3-5-8-16/h3-5,7-8,10,12-13,17H,2,6,9,11,14-15H2,1H3,(H,24,29). The molecule has 1 atom stereocenters. The van der Waals surface area contributed by atoms with E-state index in [1.807, 2.05) is 41.4 Å². The molecule has 1 N–H and O–H groups in total. The Morgan fingerprint density at radius 1 is 1.27 bits per heavy atom. The lowest BCUT2D eigenvalue weighted by Gasteiger charge is -2.34. The third-order valence-corrected chi connectivity index (χ3v) is 5.41. The van der Waals surface area contributed by atoms with Gasteiger partial charge in [0.05, 0.1) is 12.6 Å². The molecule has 4 rings (SSSR count). The van der Waals surface area contributed by atoms with Crippen molar-refractivity contribution in [2.24, 2.45) is 0 Å². The number of hydrogen-bond acceptors (Lipinski definition) is 5. The van der Waals surface area contributed by atoms with Crippen LogP contribution in [0.5, 0.6) is 0 Å². The minimum absolute atomic E-state index is 0.0658. The molecule has 8 nitrogen and oxygen atoms in total. The minimum Gasteiger partial charge on any atom is -0.355 e. The molecule has 0 radical (unpaired) electrons. The van der Waals surface area contributed by atoms with E-state index in [-0.39, 0.29) is 24.2 Å². The number of piperidine rings is 1. The molecule has 2 amide bonds. The molecule has 3 heterocycles. The predicted molar refractivity (Wildman–Crippen MR) is 111 cm³/mol. The van der Waals surface area contributed by atoms with E-state index in [1.54, 1.807) is 12.3 Å². The van der Waals surface area contributed by atoms with Crippen molar-refractivity contribution in [3.63, 3.8) is 0 Å². The number of amides is 2. The summed E-state index contributed by atoms with van der Waals surface area (Å²) in [7, 11) is 0. The highest BCUT2D eigenvalue weighted by molar-refractivity contribution is 5.95. The largest absolute Gasteiger partial charge is 0.355 e. The number of imidazole rings is 1. The maximum absolute atomic E-state index is 12.7. The van der Waals surface area contributed by atoms with Gasteiger partial charge in [-0.1, -0.05) is 42.4 Å². The van der Waals surface area contributed by atoms with Crippen LogP contribution in [-0.4, -0.2) is 51.1 Å². The van der Waals surface area contributed by atoms with Crippen LogP contribution in [0.3, 0.4) is 0 Å². The van der Waals surface area contributed by atoms with E-state index in [0.29, 0.717) is 18.8 Å². The normalized spacial score (nSPS) is 16.4. The molecule has 1 aliphatic rings. The highest BCUT2D eigenvalue weighted by atomic mass is 16.5. The van der Waals surface area contributed by atoms with Crippen molar-refractivity contribution < 1.29 is 14.1 Å². The van der Waals surface area contributed by atoms with E-state index < -0.39 is 5.91 Å². The summed E-state index contributed by atoms with van der Waals surface area (Å²) in [5.41, 5.74) is 0.995. The van der Waals surface area contributed by atoms with Gasteiger partial charge in [-0.05, 0) is 12.8 Å². The van der Waals surface area contributed by atoms with Gasteiger partial charge in [-0.25, -0.2) is 4.98 Å². The highest BCUT2D eigenvalue weighted by Gasteiger charge is 2.26. The zero-order valence-electron chi connectivity index (χ0n) is 17.0. The Morgan fingerprint density at radius 3 is 2.90 bits per heavy atom. The zero-order valence-corrected chi connectivity index (χ0v) is 17.0. The second kappa shape index (κ2) is 8.94. The van der Waals surface area contributed by atoms with Crippen molar-refractivity contribution >= 4 is 11.8 Å². The summed E-state index contributed by atoms with van der Waals surface area (Å²) in [6.07, 6.45) is 6.59. The molecule has 0 spiro atoms. The molecule has 0 aliphatic carbocycles. The molecule has 8 heteroatoms. The second-order valence-electron chi connectivity index (χ2n) is 7.37. The number of hydrogen-bond donors (Lipinski definition) is 1. The van der Waals surface area contributed by atoms with E-state index in [0.717, 1.165) is 30.7 Å². The van der Waals surface area contributed by atoms with Gasteiger partial charge in [-0.3, -0.25) is 9.59 Å². The lowest BCUT2D eigenvalue weighted by Crippen LogP contribution is -2.45. The summed E-state index contributed by atoms with van der Waals surface area (Å²) in [5, 5.41) is 6.49. The van der Waals surface area contributed by atoms with Gasteiger partial charge in [0, 0.05) is 43.5 Å². The Morgan fingerprint density at radius 2 is 2.10 bits per heavy atom. The number of nitrogens with one attached hydrogen (secondary N) is 1. The van der Waals surface area contributed by atoms with E-state index in [9.17, 15) is 9.59 Å². The summed E-state index contributed by atoms with van der Waals surface area (Å²) in [6.45, 7) is 3.33. The lowest BCUT2D eigenvalue weighted by atomic mass is 10.1. The molecule has 1 aliphatic heterocycles. The van der Waals surface area contributed by atoms with Gasteiger partial charge in [-0.15, -0.1) is 0 Å². The molecule has 1 saturated heterocycles. The topological polar surface area (TPSA) is 93.3 Å². The number of aryl methyl sites for hydroxylation is 1. The van der Waals surface area contributed by atoms with Gasteiger partial charge in [0.1, 0.15) is 5.82 Å². The van der Waals surface area contributed by atoms with Crippen molar-refractivity contribution in [3.8, 4) is 11.3 Å². The average molecular weight is 407 g/mol. The Kier molecular flexibility index (Phi) is 5.92. The lowest BCUT2D eigenvalue weighted by molar-refractivity contribution is -0.131. The molecule has 3 aromatic rings. The van der Waals surface area contributed by atoms with Crippen LogP contribution in [0, 0.1) is 0 Å².